The van der Waals surface area contributed by atoms with E-state index >= 15 is 0 Å². The van der Waals surface area contributed by atoms with E-state index in [1.165, 1.54) is 0 Å². The zero-order valence-electron chi connectivity index (χ0n) is 7.40. The van der Waals surface area contributed by atoms with Crippen molar-refractivity contribution in [2.75, 3.05) is 5.88 Å². The van der Waals surface area contributed by atoms with Crippen LogP contribution < -0.4 is 4.74 Å². The molecule has 1 nitrogen and oxygen atoms in total. The predicted octanol–water partition coefficient (Wildman–Crippen LogP) is 4.14. The van der Waals surface area contributed by atoms with Crippen LogP contribution in [-0.2, 0) is 0 Å². The maximum atomic E-state index is 5.97. The Labute approximate surface area is 97.9 Å². The molecule has 4 heteroatoms. The molecule has 1 aliphatic carbocycles. The summed E-state index contributed by atoms with van der Waals surface area (Å²) in [5.74, 6) is 1.17. The molecule has 1 aromatic rings. The Bertz CT molecular complexity index is 347. The van der Waals surface area contributed by atoms with Gasteiger partial charge >= 0.3 is 0 Å². The molecule has 0 unspecified atom stereocenters. The molecule has 0 atom stereocenters. The third-order valence-corrected chi connectivity index (χ3v) is 3.29. The molecule has 0 N–H and O–H groups in total. The molecular weight excluding hydrogens is 242 g/mol. The van der Waals surface area contributed by atoms with E-state index in [4.69, 9.17) is 39.5 Å². The van der Waals surface area contributed by atoms with Crippen LogP contribution in [0.25, 0.3) is 0 Å². The third kappa shape index (κ3) is 2.10. The summed E-state index contributed by atoms with van der Waals surface area (Å²) in [5.41, 5.74) is -0.182. The number of hydrogen-bond donors (Lipinski definition) is 0. The number of halogens is 3. The zero-order valence-corrected chi connectivity index (χ0v) is 9.66. The smallest absolute Gasteiger partial charge is 0.138 e. The quantitative estimate of drug-likeness (QED) is 0.734. The van der Waals surface area contributed by atoms with Crippen LogP contribution in [0.1, 0.15) is 12.8 Å². The molecule has 0 heterocycles. The molecule has 14 heavy (non-hydrogen) atoms. The van der Waals surface area contributed by atoms with E-state index in [0.717, 1.165) is 12.8 Å². The molecule has 0 aromatic heterocycles. The summed E-state index contributed by atoms with van der Waals surface area (Å²) in [7, 11) is 0. The number of alkyl halides is 1. The highest BCUT2D eigenvalue weighted by Gasteiger charge is 2.45. The van der Waals surface area contributed by atoms with Crippen molar-refractivity contribution < 1.29 is 4.74 Å². The van der Waals surface area contributed by atoms with Crippen LogP contribution in [0.4, 0.5) is 0 Å². The second kappa shape index (κ2) is 3.80. The first-order valence-electron chi connectivity index (χ1n) is 4.35. The predicted molar refractivity (Wildman–Crippen MR) is 59.8 cm³/mol. The van der Waals surface area contributed by atoms with Gasteiger partial charge in [-0.15, -0.1) is 11.6 Å². The lowest BCUT2D eigenvalue weighted by molar-refractivity contribution is 0.204. The van der Waals surface area contributed by atoms with Crippen molar-refractivity contribution in [3.63, 3.8) is 0 Å². The van der Waals surface area contributed by atoms with Crippen molar-refractivity contribution in [3.8, 4) is 5.75 Å². The van der Waals surface area contributed by atoms with Crippen molar-refractivity contribution in [3.05, 3.63) is 28.2 Å². The summed E-state index contributed by atoms with van der Waals surface area (Å²) in [4.78, 5) is 0. The fraction of sp³-hybridized carbons (Fsp3) is 0.400. The molecule has 0 radical (unpaired) electrons. The van der Waals surface area contributed by atoms with E-state index in [0.29, 0.717) is 21.7 Å². The Kier molecular flexibility index (Phi) is 2.83. The standard InChI is InChI=1S/C10H9Cl3O/c11-6-10(3-4-10)14-9-2-1-7(12)5-8(9)13/h1-2,5H,3-4,6H2. The van der Waals surface area contributed by atoms with Crippen molar-refractivity contribution in [1.82, 2.24) is 0 Å². The molecular formula is C10H9Cl3O. The van der Waals surface area contributed by atoms with E-state index in [-0.39, 0.29) is 5.60 Å². The average Bonchev–Trinajstić information content (AvgIpc) is 2.91. The summed E-state index contributed by atoms with van der Waals surface area (Å²) in [6.45, 7) is 0. The van der Waals surface area contributed by atoms with Crippen LogP contribution in [0.5, 0.6) is 5.75 Å². The van der Waals surface area contributed by atoms with Crippen LogP contribution in [0, 0.1) is 0 Å². The van der Waals surface area contributed by atoms with Gasteiger partial charge in [0.2, 0.25) is 0 Å². The fourth-order valence-corrected chi connectivity index (χ4v) is 1.96. The van der Waals surface area contributed by atoms with E-state index < -0.39 is 0 Å². The van der Waals surface area contributed by atoms with Crippen LogP contribution in [0.2, 0.25) is 10.0 Å². The van der Waals surface area contributed by atoms with Gasteiger partial charge < -0.3 is 4.74 Å². The second-order valence-electron chi connectivity index (χ2n) is 3.49. The Morgan fingerprint density at radius 3 is 2.50 bits per heavy atom. The minimum absolute atomic E-state index is 0.182. The molecule has 0 bridgehead atoms. The maximum absolute atomic E-state index is 5.97. The first kappa shape index (κ1) is 10.4. The normalized spacial score (nSPS) is 17.9. The van der Waals surface area contributed by atoms with Crippen LogP contribution in [0.3, 0.4) is 0 Å². The third-order valence-electron chi connectivity index (χ3n) is 2.27. The molecule has 1 aromatic carbocycles. The van der Waals surface area contributed by atoms with Crippen molar-refractivity contribution >= 4 is 34.8 Å². The number of benzene rings is 1. The van der Waals surface area contributed by atoms with Gasteiger partial charge in [-0.3, -0.25) is 0 Å². The van der Waals surface area contributed by atoms with Crippen molar-refractivity contribution in [2.24, 2.45) is 0 Å². The lowest BCUT2D eigenvalue weighted by atomic mass is 10.3. The largest absolute Gasteiger partial charge is 0.484 e. The van der Waals surface area contributed by atoms with Gasteiger partial charge in [0.25, 0.3) is 0 Å². The van der Waals surface area contributed by atoms with Gasteiger partial charge in [-0.05, 0) is 31.0 Å². The summed E-state index contributed by atoms with van der Waals surface area (Å²) in [6.07, 6.45) is 1.99. The van der Waals surface area contributed by atoms with Gasteiger partial charge in [0, 0.05) is 5.02 Å². The lowest BCUT2D eigenvalue weighted by Gasteiger charge is -2.16. The molecule has 1 aliphatic rings. The second-order valence-corrected chi connectivity index (χ2v) is 4.60. The summed E-state index contributed by atoms with van der Waals surface area (Å²) < 4.78 is 5.73. The highest BCUT2D eigenvalue weighted by atomic mass is 35.5. The van der Waals surface area contributed by atoms with E-state index in [1.807, 2.05) is 0 Å². The van der Waals surface area contributed by atoms with Crippen LogP contribution in [0.15, 0.2) is 18.2 Å². The molecule has 0 saturated heterocycles. The van der Waals surface area contributed by atoms with Crippen molar-refractivity contribution in [1.29, 1.82) is 0 Å². The number of rotatable bonds is 3. The first-order chi connectivity index (χ1) is 6.65. The molecule has 1 saturated carbocycles. The summed E-state index contributed by atoms with van der Waals surface area (Å²) in [6, 6.07) is 5.20. The topological polar surface area (TPSA) is 9.23 Å². The first-order valence-corrected chi connectivity index (χ1v) is 5.64. The maximum Gasteiger partial charge on any atom is 0.138 e. The van der Waals surface area contributed by atoms with Gasteiger partial charge in [-0.1, -0.05) is 23.2 Å². The van der Waals surface area contributed by atoms with Crippen molar-refractivity contribution in [2.45, 2.75) is 18.4 Å². The molecule has 0 spiro atoms. The Morgan fingerprint density at radius 1 is 1.29 bits per heavy atom. The van der Waals surface area contributed by atoms with E-state index in [1.54, 1.807) is 18.2 Å². The van der Waals surface area contributed by atoms with Gasteiger partial charge in [0.1, 0.15) is 11.4 Å². The molecule has 0 aliphatic heterocycles. The van der Waals surface area contributed by atoms with Gasteiger partial charge in [-0.2, -0.15) is 0 Å². The SMILES string of the molecule is ClCC1(Oc2ccc(Cl)cc2Cl)CC1. The van der Waals surface area contributed by atoms with E-state index in [9.17, 15) is 0 Å². The van der Waals surface area contributed by atoms with Gasteiger partial charge in [-0.25, -0.2) is 0 Å². The monoisotopic (exact) mass is 250 g/mol. The fourth-order valence-electron chi connectivity index (χ4n) is 1.19. The average molecular weight is 252 g/mol. The minimum Gasteiger partial charge on any atom is -0.484 e. The number of ether oxygens (including phenoxy) is 1. The molecule has 1 fully saturated rings. The van der Waals surface area contributed by atoms with Crippen LogP contribution in [-0.4, -0.2) is 11.5 Å². The molecule has 0 amide bonds. The summed E-state index contributed by atoms with van der Waals surface area (Å²) in [5, 5.41) is 1.15. The van der Waals surface area contributed by atoms with Gasteiger partial charge in [0.15, 0.2) is 0 Å². The highest BCUT2D eigenvalue weighted by molar-refractivity contribution is 6.35. The zero-order chi connectivity index (χ0) is 10.2. The Balaban J connectivity index is 2.17. The van der Waals surface area contributed by atoms with E-state index in [2.05, 4.69) is 0 Å². The summed E-state index contributed by atoms with van der Waals surface area (Å²) >= 11 is 17.5. The molecule has 2 rings (SSSR count). The minimum atomic E-state index is -0.182. The Hall–Kier alpha value is -0.110. The highest BCUT2D eigenvalue weighted by Crippen LogP contribution is 2.43. The molecule has 76 valence electrons. The lowest BCUT2D eigenvalue weighted by Crippen LogP contribution is -2.19. The number of hydrogen-bond acceptors (Lipinski definition) is 1. The van der Waals surface area contributed by atoms with Gasteiger partial charge in [0.05, 0.1) is 10.9 Å². The van der Waals surface area contributed by atoms with Crippen LogP contribution >= 0.6 is 34.8 Å². The Morgan fingerprint density at radius 2 is 2.00 bits per heavy atom.